The molecule has 138 valence electrons. The molecular weight excluding hydrogens is 342 g/mol. The molecule has 0 saturated heterocycles. The van der Waals surface area contributed by atoms with Gasteiger partial charge in [-0.3, -0.25) is 4.79 Å². The first-order valence-electron chi connectivity index (χ1n) is 9.09. The first-order chi connectivity index (χ1) is 12.3. The van der Waals surface area contributed by atoms with Crippen molar-refractivity contribution >= 4 is 17.7 Å². The van der Waals surface area contributed by atoms with E-state index in [0.29, 0.717) is 0 Å². The fraction of sp³-hybridized carbons (Fsp3) is 0.409. The molecule has 4 heteroatoms. The SMILES string of the molecule is Cc1ccc2c(c1)OC(C)(C)C[C@@H]2NC(=O)[C@H](C)SCc1ccccc1. The average Bonchev–Trinajstić information content (AvgIpc) is 2.59. The van der Waals surface area contributed by atoms with Gasteiger partial charge in [0.2, 0.25) is 5.91 Å². The van der Waals surface area contributed by atoms with E-state index in [4.69, 9.17) is 4.74 Å². The predicted octanol–water partition coefficient (Wildman–Crippen LogP) is 5.04. The maximum absolute atomic E-state index is 12.7. The molecule has 0 aromatic heterocycles. The molecule has 1 N–H and O–H groups in total. The molecule has 26 heavy (non-hydrogen) atoms. The van der Waals surface area contributed by atoms with E-state index in [1.165, 1.54) is 11.1 Å². The Labute approximate surface area is 160 Å². The molecule has 0 aliphatic carbocycles. The van der Waals surface area contributed by atoms with E-state index >= 15 is 0 Å². The number of amides is 1. The lowest BCUT2D eigenvalue weighted by molar-refractivity contribution is -0.121. The molecule has 3 nitrogen and oxygen atoms in total. The minimum Gasteiger partial charge on any atom is -0.487 e. The molecule has 0 bridgehead atoms. The molecule has 3 rings (SSSR count). The van der Waals surface area contributed by atoms with Gasteiger partial charge in [-0.25, -0.2) is 0 Å². The molecule has 1 aliphatic heterocycles. The zero-order valence-electron chi connectivity index (χ0n) is 15.9. The van der Waals surface area contributed by atoms with Gasteiger partial charge in [0.25, 0.3) is 0 Å². The van der Waals surface area contributed by atoms with Crippen LogP contribution in [-0.4, -0.2) is 16.8 Å². The number of carbonyl (C=O) groups is 1. The molecule has 0 spiro atoms. The van der Waals surface area contributed by atoms with Crippen LogP contribution in [0.1, 0.15) is 49.9 Å². The highest BCUT2D eigenvalue weighted by Gasteiger charge is 2.35. The third kappa shape index (κ3) is 4.61. The number of aryl methyl sites for hydroxylation is 1. The summed E-state index contributed by atoms with van der Waals surface area (Å²) in [5.74, 6) is 1.81. The Bertz CT molecular complexity index is 773. The van der Waals surface area contributed by atoms with Crippen molar-refractivity contribution in [3.05, 3.63) is 65.2 Å². The van der Waals surface area contributed by atoms with Crippen molar-refractivity contribution in [2.24, 2.45) is 0 Å². The standard InChI is InChI=1S/C22H27NO2S/c1-15-10-11-18-19(13-22(3,4)25-20(18)12-15)23-21(24)16(2)26-14-17-8-6-5-7-9-17/h5-12,16,19H,13-14H2,1-4H3,(H,23,24)/t16-,19-/m0/s1. The molecule has 0 saturated carbocycles. The van der Waals surface area contributed by atoms with Crippen LogP contribution in [0, 0.1) is 6.92 Å². The van der Waals surface area contributed by atoms with Crippen LogP contribution in [0.15, 0.2) is 48.5 Å². The Hall–Kier alpha value is -1.94. The maximum atomic E-state index is 12.7. The fourth-order valence-corrected chi connectivity index (χ4v) is 4.10. The van der Waals surface area contributed by atoms with Gasteiger partial charge in [-0.05, 0) is 44.9 Å². The molecule has 1 amide bonds. The van der Waals surface area contributed by atoms with Gasteiger partial charge >= 0.3 is 0 Å². The highest BCUT2D eigenvalue weighted by atomic mass is 32.2. The van der Waals surface area contributed by atoms with E-state index in [1.807, 2.05) is 25.1 Å². The lowest BCUT2D eigenvalue weighted by Crippen LogP contribution is -2.43. The minimum atomic E-state index is -0.293. The molecule has 0 fully saturated rings. The van der Waals surface area contributed by atoms with Gasteiger partial charge in [0.15, 0.2) is 0 Å². The molecule has 2 aromatic carbocycles. The molecule has 2 aromatic rings. The second-order valence-electron chi connectivity index (χ2n) is 7.61. The molecule has 2 atom stereocenters. The van der Waals surface area contributed by atoms with Gasteiger partial charge in [-0.2, -0.15) is 0 Å². The monoisotopic (exact) mass is 369 g/mol. The zero-order valence-corrected chi connectivity index (χ0v) is 16.7. The average molecular weight is 370 g/mol. The number of ether oxygens (including phenoxy) is 1. The Kier molecular flexibility index (Phi) is 5.61. The summed E-state index contributed by atoms with van der Waals surface area (Å²) in [7, 11) is 0. The van der Waals surface area contributed by atoms with Crippen molar-refractivity contribution in [1.29, 1.82) is 0 Å². The second kappa shape index (κ2) is 7.75. The van der Waals surface area contributed by atoms with Crippen LogP contribution in [0.4, 0.5) is 0 Å². The number of rotatable bonds is 5. The largest absolute Gasteiger partial charge is 0.487 e. The Morgan fingerprint density at radius 1 is 1.27 bits per heavy atom. The van der Waals surface area contributed by atoms with Crippen molar-refractivity contribution in [3.63, 3.8) is 0 Å². The summed E-state index contributed by atoms with van der Waals surface area (Å²) in [5, 5.41) is 3.14. The lowest BCUT2D eigenvalue weighted by Gasteiger charge is -2.38. The van der Waals surface area contributed by atoms with Gasteiger partial charge in [0, 0.05) is 17.7 Å². The fourth-order valence-electron chi connectivity index (χ4n) is 3.25. The smallest absolute Gasteiger partial charge is 0.233 e. The highest BCUT2D eigenvalue weighted by molar-refractivity contribution is 7.99. The predicted molar refractivity (Wildman–Crippen MR) is 109 cm³/mol. The maximum Gasteiger partial charge on any atom is 0.233 e. The van der Waals surface area contributed by atoms with Crippen LogP contribution >= 0.6 is 11.8 Å². The molecule has 0 radical (unpaired) electrons. The van der Waals surface area contributed by atoms with Crippen LogP contribution in [-0.2, 0) is 10.5 Å². The minimum absolute atomic E-state index is 0.0124. The van der Waals surface area contributed by atoms with E-state index in [2.05, 4.69) is 56.4 Å². The topological polar surface area (TPSA) is 38.3 Å². The van der Waals surface area contributed by atoms with E-state index in [9.17, 15) is 4.79 Å². The number of hydrogen-bond acceptors (Lipinski definition) is 3. The summed E-state index contributed by atoms with van der Waals surface area (Å²) in [6.45, 7) is 8.18. The first-order valence-corrected chi connectivity index (χ1v) is 10.1. The quantitative estimate of drug-likeness (QED) is 0.803. The van der Waals surface area contributed by atoms with Crippen molar-refractivity contribution in [3.8, 4) is 5.75 Å². The zero-order chi connectivity index (χ0) is 18.7. The summed E-state index contributed by atoms with van der Waals surface area (Å²) in [6.07, 6.45) is 0.769. The Morgan fingerprint density at radius 2 is 2.00 bits per heavy atom. The number of nitrogens with one attached hydrogen (secondary N) is 1. The number of fused-ring (bicyclic) bond motifs is 1. The molecule has 0 unspecified atom stereocenters. The van der Waals surface area contributed by atoms with Crippen LogP contribution in [0.5, 0.6) is 5.75 Å². The Morgan fingerprint density at radius 3 is 2.73 bits per heavy atom. The van der Waals surface area contributed by atoms with Crippen LogP contribution in [0.3, 0.4) is 0 Å². The third-order valence-corrected chi connectivity index (χ3v) is 5.87. The van der Waals surface area contributed by atoms with Crippen LogP contribution in [0.25, 0.3) is 0 Å². The van der Waals surface area contributed by atoms with Crippen LogP contribution in [0.2, 0.25) is 0 Å². The molecular formula is C22H27NO2S. The second-order valence-corrected chi connectivity index (χ2v) is 8.94. The van der Waals surface area contributed by atoms with Gasteiger partial charge in [-0.1, -0.05) is 42.5 Å². The Balaban J connectivity index is 1.66. The first kappa shape index (κ1) is 18.8. The lowest BCUT2D eigenvalue weighted by atomic mass is 9.89. The highest BCUT2D eigenvalue weighted by Crippen LogP contribution is 2.40. The van der Waals surface area contributed by atoms with Crippen LogP contribution < -0.4 is 10.1 Å². The number of carbonyl (C=O) groups excluding carboxylic acids is 1. The van der Waals surface area contributed by atoms with E-state index in [0.717, 1.165) is 23.5 Å². The number of thioether (sulfide) groups is 1. The molecule has 1 aliphatic rings. The van der Waals surface area contributed by atoms with Gasteiger partial charge in [0.05, 0.1) is 11.3 Å². The van der Waals surface area contributed by atoms with E-state index in [-0.39, 0.29) is 22.8 Å². The number of benzene rings is 2. The summed E-state index contributed by atoms with van der Waals surface area (Å²) in [5.41, 5.74) is 3.19. The number of hydrogen-bond donors (Lipinski definition) is 1. The van der Waals surface area contributed by atoms with Crippen molar-refractivity contribution in [2.45, 2.75) is 56.8 Å². The summed E-state index contributed by atoms with van der Waals surface area (Å²) < 4.78 is 6.12. The van der Waals surface area contributed by atoms with Gasteiger partial charge in [-0.15, -0.1) is 11.8 Å². The van der Waals surface area contributed by atoms with Crippen molar-refractivity contribution < 1.29 is 9.53 Å². The summed E-state index contributed by atoms with van der Waals surface area (Å²) in [4.78, 5) is 12.7. The molecule has 1 heterocycles. The third-order valence-electron chi connectivity index (χ3n) is 4.65. The van der Waals surface area contributed by atoms with Gasteiger partial charge < -0.3 is 10.1 Å². The normalized spacial score (nSPS) is 19.2. The summed E-state index contributed by atoms with van der Waals surface area (Å²) in [6, 6.07) is 16.5. The van der Waals surface area contributed by atoms with Crippen molar-refractivity contribution in [1.82, 2.24) is 5.32 Å². The van der Waals surface area contributed by atoms with Crippen molar-refractivity contribution in [2.75, 3.05) is 0 Å². The van der Waals surface area contributed by atoms with E-state index in [1.54, 1.807) is 11.8 Å². The van der Waals surface area contributed by atoms with E-state index < -0.39 is 0 Å². The van der Waals surface area contributed by atoms with Gasteiger partial charge in [0.1, 0.15) is 11.4 Å². The summed E-state index contributed by atoms with van der Waals surface area (Å²) >= 11 is 1.67.